The van der Waals surface area contributed by atoms with Gasteiger partial charge in [0, 0.05) is 18.8 Å². The summed E-state index contributed by atoms with van der Waals surface area (Å²) in [6.45, 7) is 3.28. The first kappa shape index (κ1) is 9.31. The van der Waals surface area contributed by atoms with Crippen LogP contribution < -0.4 is 10.6 Å². The Morgan fingerprint density at radius 3 is 2.93 bits per heavy atom. The Labute approximate surface area is 84.9 Å². The molecular formula is C11H17N3. The fraction of sp³-hybridized carbons (Fsp3) is 0.545. The Morgan fingerprint density at radius 2 is 2.36 bits per heavy atom. The highest BCUT2D eigenvalue weighted by Crippen LogP contribution is 2.33. The topological polar surface area (TPSA) is 42.2 Å². The molecule has 0 amide bonds. The van der Waals surface area contributed by atoms with Gasteiger partial charge >= 0.3 is 0 Å². The summed E-state index contributed by atoms with van der Waals surface area (Å²) >= 11 is 0. The second-order valence-electron chi connectivity index (χ2n) is 3.83. The number of nitrogens with zero attached hydrogens (tertiary/aromatic N) is 2. The van der Waals surface area contributed by atoms with Crippen molar-refractivity contribution in [3.63, 3.8) is 0 Å². The molecule has 1 fully saturated rings. The average molecular weight is 191 g/mol. The van der Waals surface area contributed by atoms with Crippen LogP contribution in [0.2, 0.25) is 0 Å². The molecule has 0 aromatic carbocycles. The predicted molar refractivity (Wildman–Crippen MR) is 59.3 cm³/mol. The first-order valence-electron chi connectivity index (χ1n) is 5.30. The van der Waals surface area contributed by atoms with Gasteiger partial charge in [0.1, 0.15) is 5.82 Å². The molecule has 76 valence electrons. The molecule has 0 bridgehead atoms. The maximum absolute atomic E-state index is 5.86. The van der Waals surface area contributed by atoms with E-state index in [1.54, 1.807) is 6.20 Å². The molecule has 0 atom stereocenters. The SMILES string of the molecule is CCCN(c1cccnc1N)C1CC1. The van der Waals surface area contributed by atoms with Gasteiger partial charge in [0.25, 0.3) is 0 Å². The monoisotopic (exact) mass is 191 g/mol. The van der Waals surface area contributed by atoms with Gasteiger partial charge in [-0.05, 0) is 31.4 Å². The number of hydrogen-bond donors (Lipinski definition) is 1. The lowest BCUT2D eigenvalue weighted by Gasteiger charge is -2.24. The van der Waals surface area contributed by atoms with Crippen molar-refractivity contribution in [2.75, 3.05) is 17.2 Å². The van der Waals surface area contributed by atoms with E-state index < -0.39 is 0 Å². The molecule has 0 radical (unpaired) electrons. The minimum Gasteiger partial charge on any atom is -0.382 e. The smallest absolute Gasteiger partial charge is 0.146 e. The van der Waals surface area contributed by atoms with Crippen molar-refractivity contribution in [1.82, 2.24) is 4.98 Å². The van der Waals surface area contributed by atoms with Crippen molar-refractivity contribution in [2.24, 2.45) is 0 Å². The number of rotatable bonds is 4. The zero-order chi connectivity index (χ0) is 9.97. The van der Waals surface area contributed by atoms with Gasteiger partial charge < -0.3 is 10.6 Å². The molecule has 1 saturated carbocycles. The van der Waals surface area contributed by atoms with Crippen LogP contribution in [0.4, 0.5) is 11.5 Å². The summed E-state index contributed by atoms with van der Waals surface area (Å²) in [5, 5.41) is 0. The number of pyridine rings is 1. The minimum absolute atomic E-state index is 0.660. The van der Waals surface area contributed by atoms with Crippen LogP contribution in [0.15, 0.2) is 18.3 Å². The van der Waals surface area contributed by atoms with Crippen LogP contribution in [-0.4, -0.2) is 17.6 Å². The molecule has 3 nitrogen and oxygen atoms in total. The zero-order valence-corrected chi connectivity index (χ0v) is 8.61. The predicted octanol–water partition coefficient (Wildman–Crippen LogP) is 2.04. The minimum atomic E-state index is 0.660. The van der Waals surface area contributed by atoms with E-state index >= 15 is 0 Å². The van der Waals surface area contributed by atoms with Gasteiger partial charge in [0.2, 0.25) is 0 Å². The molecule has 2 N–H and O–H groups in total. The molecule has 1 aromatic heterocycles. The number of nitrogens with two attached hydrogens (primary N) is 1. The van der Waals surface area contributed by atoms with E-state index in [2.05, 4.69) is 22.9 Å². The zero-order valence-electron chi connectivity index (χ0n) is 8.61. The fourth-order valence-corrected chi connectivity index (χ4v) is 1.78. The highest BCUT2D eigenvalue weighted by atomic mass is 15.2. The van der Waals surface area contributed by atoms with Crippen molar-refractivity contribution in [2.45, 2.75) is 32.2 Å². The fourth-order valence-electron chi connectivity index (χ4n) is 1.78. The van der Waals surface area contributed by atoms with E-state index in [-0.39, 0.29) is 0 Å². The lowest BCUT2D eigenvalue weighted by molar-refractivity contribution is 0.762. The molecule has 0 spiro atoms. The van der Waals surface area contributed by atoms with E-state index in [4.69, 9.17) is 5.73 Å². The van der Waals surface area contributed by atoms with E-state index in [0.29, 0.717) is 11.9 Å². The van der Waals surface area contributed by atoms with Crippen LogP contribution in [0.5, 0.6) is 0 Å². The Morgan fingerprint density at radius 1 is 1.57 bits per heavy atom. The van der Waals surface area contributed by atoms with Crippen molar-refractivity contribution >= 4 is 11.5 Å². The highest BCUT2D eigenvalue weighted by Gasteiger charge is 2.29. The first-order chi connectivity index (χ1) is 6.83. The summed E-state index contributed by atoms with van der Waals surface area (Å²) in [6.07, 6.45) is 5.50. The van der Waals surface area contributed by atoms with E-state index in [0.717, 1.165) is 18.7 Å². The average Bonchev–Trinajstić information content (AvgIpc) is 2.99. The van der Waals surface area contributed by atoms with Crippen LogP contribution in [0, 0.1) is 0 Å². The Kier molecular flexibility index (Phi) is 2.57. The summed E-state index contributed by atoms with van der Waals surface area (Å²) in [7, 11) is 0. The standard InChI is InChI=1S/C11H17N3/c1-2-8-14(9-5-6-9)10-4-3-7-13-11(10)12/h3-4,7,9H,2,5-6,8H2,1H3,(H2,12,13). The molecule has 1 aliphatic carbocycles. The molecule has 0 unspecified atom stereocenters. The van der Waals surface area contributed by atoms with Crippen molar-refractivity contribution < 1.29 is 0 Å². The second-order valence-corrected chi connectivity index (χ2v) is 3.83. The van der Waals surface area contributed by atoms with Gasteiger partial charge in [0.05, 0.1) is 5.69 Å². The highest BCUT2D eigenvalue weighted by molar-refractivity contribution is 5.64. The molecule has 0 aliphatic heterocycles. The van der Waals surface area contributed by atoms with Gasteiger partial charge in [-0.2, -0.15) is 0 Å². The molecule has 1 heterocycles. The third-order valence-electron chi connectivity index (χ3n) is 2.58. The number of hydrogen-bond acceptors (Lipinski definition) is 3. The van der Waals surface area contributed by atoms with Gasteiger partial charge in [-0.1, -0.05) is 6.92 Å². The third kappa shape index (κ3) is 1.81. The Hall–Kier alpha value is -1.25. The van der Waals surface area contributed by atoms with Crippen molar-refractivity contribution in [3.8, 4) is 0 Å². The van der Waals surface area contributed by atoms with Crippen LogP contribution >= 0.6 is 0 Å². The van der Waals surface area contributed by atoms with Crippen LogP contribution in [-0.2, 0) is 0 Å². The second kappa shape index (κ2) is 3.86. The Balaban J connectivity index is 2.21. The lowest BCUT2D eigenvalue weighted by atomic mass is 10.3. The van der Waals surface area contributed by atoms with Gasteiger partial charge in [-0.15, -0.1) is 0 Å². The van der Waals surface area contributed by atoms with Crippen LogP contribution in [0.1, 0.15) is 26.2 Å². The molecule has 2 rings (SSSR count). The molecule has 1 aliphatic rings. The number of nitrogen functional groups attached to an aromatic ring is 1. The summed E-state index contributed by atoms with van der Waals surface area (Å²) < 4.78 is 0. The van der Waals surface area contributed by atoms with Gasteiger partial charge in [-0.3, -0.25) is 0 Å². The Bertz CT molecular complexity index is 307. The number of aromatic nitrogens is 1. The normalized spacial score (nSPS) is 15.5. The van der Waals surface area contributed by atoms with E-state index in [9.17, 15) is 0 Å². The third-order valence-corrected chi connectivity index (χ3v) is 2.58. The van der Waals surface area contributed by atoms with Crippen LogP contribution in [0.25, 0.3) is 0 Å². The van der Waals surface area contributed by atoms with Gasteiger partial charge in [0.15, 0.2) is 0 Å². The quantitative estimate of drug-likeness (QED) is 0.792. The molecular weight excluding hydrogens is 174 g/mol. The molecule has 3 heteroatoms. The maximum Gasteiger partial charge on any atom is 0.146 e. The first-order valence-corrected chi connectivity index (χ1v) is 5.30. The summed E-state index contributed by atoms with van der Waals surface area (Å²) in [5.41, 5.74) is 6.97. The number of anilines is 2. The summed E-state index contributed by atoms with van der Waals surface area (Å²) in [6, 6.07) is 4.73. The lowest BCUT2D eigenvalue weighted by Crippen LogP contribution is -2.27. The molecule has 14 heavy (non-hydrogen) atoms. The molecule has 1 aromatic rings. The van der Waals surface area contributed by atoms with Crippen molar-refractivity contribution in [1.29, 1.82) is 0 Å². The summed E-state index contributed by atoms with van der Waals surface area (Å²) in [5.74, 6) is 0.660. The largest absolute Gasteiger partial charge is 0.382 e. The van der Waals surface area contributed by atoms with Crippen molar-refractivity contribution in [3.05, 3.63) is 18.3 Å². The van der Waals surface area contributed by atoms with Gasteiger partial charge in [-0.25, -0.2) is 4.98 Å². The van der Waals surface area contributed by atoms with E-state index in [1.807, 2.05) is 6.07 Å². The van der Waals surface area contributed by atoms with E-state index in [1.165, 1.54) is 12.8 Å². The molecule has 0 saturated heterocycles. The summed E-state index contributed by atoms with van der Waals surface area (Å²) in [4.78, 5) is 6.52. The van der Waals surface area contributed by atoms with Crippen LogP contribution in [0.3, 0.4) is 0 Å². The maximum atomic E-state index is 5.86.